The molecule has 0 unspecified atom stereocenters. The molecule has 2 heterocycles. The molecule has 0 aromatic heterocycles. The zero-order valence-corrected chi connectivity index (χ0v) is 17.5. The SMILES string of the molecule is O=C(C[C@@H]1c2ccccc2CCN1S(=O)(=O)c1ccc(Cl)cc1)N1CCOCC1. The third-order valence-electron chi connectivity index (χ3n) is 5.52. The maximum absolute atomic E-state index is 13.4. The Hall–Kier alpha value is -1.93. The van der Waals surface area contributed by atoms with Gasteiger partial charge in [-0.3, -0.25) is 4.79 Å². The molecule has 0 spiro atoms. The summed E-state index contributed by atoms with van der Waals surface area (Å²) < 4.78 is 33.6. The van der Waals surface area contributed by atoms with Gasteiger partial charge in [-0.15, -0.1) is 0 Å². The molecule has 0 radical (unpaired) electrons. The standard InChI is InChI=1S/C21H23ClN2O4S/c22-17-5-7-18(8-6-17)29(26,27)24-10-9-16-3-1-2-4-19(16)20(24)15-21(25)23-11-13-28-14-12-23/h1-8,20H,9-15H2/t20-/m1/s1. The molecule has 154 valence electrons. The molecule has 29 heavy (non-hydrogen) atoms. The van der Waals surface area contributed by atoms with Crippen molar-refractivity contribution in [3.8, 4) is 0 Å². The number of carbonyl (C=O) groups is 1. The number of amides is 1. The molecule has 1 saturated heterocycles. The molecule has 0 bridgehead atoms. The van der Waals surface area contributed by atoms with Crippen molar-refractivity contribution in [3.05, 3.63) is 64.7 Å². The number of ether oxygens (including phenoxy) is 1. The summed E-state index contributed by atoms with van der Waals surface area (Å²) >= 11 is 5.93. The summed E-state index contributed by atoms with van der Waals surface area (Å²) in [5.74, 6) is -0.0497. The molecule has 2 aliphatic heterocycles. The monoisotopic (exact) mass is 434 g/mol. The molecule has 0 saturated carbocycles. The molecule has 2 aliphatic rings. The minimum atomic E-state index is -3.77. The van der Waals surface area contributed by atoms with Crippen LogP contribution >= 0.6 is 11.6 Å². The minimum absolute atomic E-state index is 0.0497. The van der Waals surface area contributed by atoms with Crippen molar-refractivity contribution in [2.45, 2.75) is 23.8 Å². The highest BCUT2D eigenvalue weighted by Gasteiger charge is 2.38. The second-order valence-corrected chi connectivity index (χ2v) is 9.56. The number of hydrogen-bond donors (Lipinski definition) is 0. The lowest BCUT2D eigenvalue weighted by molar-refractivity contribution is -0.136. The van der Waals surface area contributed by atoms with E-state index in [4.69, 9.17) is 16.3 Å². The highest BCUT2D eigenvalue weighted by atomic mass is 35.5. The van der Waals surface area contributed by atoms with E-state index in [1.807, 2.05) is 24.3 Å². The van der Waals surface area contributed by atoms with E-state index in [2.05, 4.69) is 0 Å². The number of fused-ring (bicyclic) bond motifs is 1. The predicted octanol–water partition coefficient (Wildman–Crippen LogP) is 2.88. The molecule has 1 fully saturated rings. The lowest BCUT2D eigenvalue weighted by atomic mass is 9.92. The summed E-state index contributed by atoms with van der Waals surface area (Å²) in [5, 5.41) is 0.479. The molecular formula is C21H23ClN2O4S. The Bertz CT molecular complexity index is 988. The molecule has 4 rings (SSSR count). The summed E-state index contributed by atoms with van der Waals surface area (Å²) in [6, 6.07) is 13.4. The summed E-state index contributed by atoms with van der Waals surface area (Å²) in [6.07, 6.45) is 0.731. The van der Waals surface area contributed by atoms with Gasteiger partial charge < -0.3 is 9.64 Å². The first-order valence-electron chi connectivity index (χ1n) is 9.67. The Morgan fingerprint density at radius 3 is 2.45 bits per heavy atom. The van der Waals surface area contributed by atoms with Crippen molar-refractivity contribution >= 4 is 27.5 Å². The van der Waals surface area contributed by atoms with Crippen molar-refractivity contribution in [3.63, 3.8) is 0 Å². The molecule has 0 N–H and O–H groups in total. The van der Waals surface area contributed by atoms with Gasteiger partial charge in [0.25, 0.3) is 0 Å². The van der Waals surface area contributed by atoms with Crippen LogP contribution in [0.5, 0.6) is 0 Å². The van der Waals surface area contributed by atoms with E-state index in [1.165, 1.54) is 16.4 Å². The van der Waals surface area contributed by atoms with E-state index in [0.29, 0.717) is 44.3 Å². The molecule has 2 aromatic rings. The summed E-state index contributed by atoms with van der Waals surface area (Å²) in [6.45, 7) is 2.44. The average Bonchev–Trinajstić information content (AvgIpc) is 2.74. The number of rotatable bonds is 4. The maximum atomic E-state index is 13.4. The second kappa shape index (κ2) is 8.44. The fourth-order valence-corrected chi connectivity index (χ4v) is 5.71. The smallest absolute Gasteiger partial charge is 0.243 e. The zero-order chi connectivity index (χ0) is 20.4. The van der Waals surface area contributed by atoms with Gasteiger partial charge >= 0.3 is 0 Å². The first-order chi connectivity index (χ1) is 14.0. The van der Waals surface area contributed by atoms with Crippen molar-refractivity contribution in [2.24, 2.45) is 0 Å². The van der Waals surface area contributed by atoms with Gasteiger partial charge in [0, 0.05) is 31.1 Å². The van der Waals surface area contributed by atoms with Gasteiger partial charge in [0.1, 0.15) is 0 Å². The number of morpholine rings is 1. The third-order valence-corrected chi connectivity index (χ3v) is 7.69. The largest absolute Gasteiger partial charge is 0.378 e. The lowest BCUT2D eigenvalue weighted by Crippen LogP contribution is -2.45. The van der Waals surface area contributed by atoms with Gasteiger partial charge in [-0.2, -0.15) is 4.31 Å². The Kier molecular flexibility index (Phi) is 5.92. The van der Waals surface area contributed by atoms with E-state index in [0.717, 1.165) is 11.1 Å². The van der Waals surface area contributed by atoms with Crippen LogP contribution in [0.2, 0.25) is 5.02 Å². The molecule has 1 amide bonds. The zero-order valence-electron chi connectivity index (χ0n) is 16.0. The highest BCUT2D eigenvalue weighted by molar-refractivity contribution is 7.89. The van der Waals surface area contributed by atoms with E-state index in [9.17, 15) is 13.2 Å². The van der Waals surface area contributed by atoms with Crippen LogP contribution in [-0.4, -0.2) is 56.4 Å². The Balaban J connectivity index is 1.68. The number of nitrogens with zero attached hydrogens (tertiary/aromatic N) is 2. The van der Waals surface area contributed by atoms with Crippen molar-refractivity contribution in [2.75, 3.05) is 32.8 Å². The summed E-state index contributed by atoms with van der Waals surface area (Å²) in [5.41, 5.74) is 1.99. The fourth-order valence-electron chi connectivity index (χ4n) is 3.98. The Morgan fingerprint density at radius 1 is 1.03 bits per heavy atom. The van der Waals surface area contributed by atoms with Gasteiger partial charge in [0.05, 0.1) is 24.2 Å². The van der Waals surface area contributed by atoms with E-state index in [-0.39, 0.29) is 17.2 Å². The number of hydrogen-bond acceptors (Lipinski definition) is 4. The normalized spacial score (nSPS) is 20.3. The minimum Gasteiger partial charge on any atom is -0.378 e. The van der Waals surface area contributed by atoms with E-state index >= 15 is 0 Å². The van der Waals surface area contributed by atoms with Gasteiger partial charge in [-0.1, -0.05) is 35.9 Å². The Labute approximate surface area is 176 Å². The fraction of sp³-hybridized carbons (Fsp3) is 0.381. The van der Waals surface area contributed by atoms with Crippen LogP contribution in [0.25, 0.3) is 0 Å². The quantitative estimate of drug-likeness (QED) is 0.742. The summed E-state index contributed by atoms with van der Waals surface area (Å²) in [4.78, 5) is 14.9. The number of sulfonamides is 1. The van der Waals surface area contributed by atoms with E-state index < -0.39 is 16.1 Å². The van der Waals surface area contributed by atoms with Gasteiger partial charge in [-0.05, 0) is 41.8 Å². The lowest BCUT2D eigenvalue weighted by Gasteiger charge is -2.37. The van der Waals surface area contributed by atoms with Crippen LogP contribution in [0.3, 0.4) is 0 Å². The first kappa shape index (κ1) is 20.3. The average molecular weight is 435 g/mol. The second-order valence-electron chi connectivity index (χ2n) is 7.23. The van der Waals surface area contributed by atoms with Crippen LogP contribution in [0.4, 0.5) is 0 Å². The number of halogens is 1. The maximum Gasteiger partial charge on any atom is 0.243 e. The van der Waals surface area contributed by atoms with Crippen LogP contribution in [-0.2, 0) is 26.0 Å². The summed E-state index contributed by atoms with van der Waals surface area (Å²) in [7, 11) is -3.77. The molecule has 6 nitrogen and oxygen atoms in total. The van der Waals surface area contributed by atoms with Gasteiger partial charge in [0.15, 0.2) is 0 Å². The van der Waals surface area contributed by atoms with E-state index in [1.54, 1.807) is 17.0 Å². The predicted molar refractivity (Wildman–Crippen MR) is 110 cm³/mol. The van der Waals surface area contributed by atoms with Crippen LogP contribution in [0.1, 0.15) is 23.6 Å². The molecule has 2 aromatic carbocycles. The molecular weight excluding hydrogens is 412 g/mol. The van der Waals surface area contributed by atoms with Crippen LogP contribution in [0.15, 0.2) is 53.4 Å². The van der Waals surface area contributed by atoms with Crippen molar-refractivity contribution < 1.29 is 17.9 Å². The molecule has 8 heteroatoms. The van der Waals surface area contributed by atoms with Crippen LogP contribution < -0.4 is 0 Å². The number of carbonyl (C=O) groups excluding carboxylic acids is 1. The van der Waals surface area contributed by atoms with Gasteiger partial charge in [0.2, 0.25) is 15.9 Å². The first-order valence-corrected chi connectivity index (χ1v) is 11.5. The molecule has 0 aliphatic carbocycles. The van der Waals surface area contributed by atoms with Crippen LogP contribution in [0, 0.1) is 0 Å². The van der Waals surface area contributed by atoms with Crippen molar-refractivity contribution in [1.82, 2.24) is 9.21 Å². The third kappa shape index (κ3) is 4.19. The molecule has 1 atom stereocenters. The topological polar surface area (TPSA) is 66.9 Å². The highest BCUT2D eigenvalue weighted by Crippen LogP contribution is 2.37. The van der Waals surface area contributed by atoms with Gasteiger partial charge in [-0.25, -0.2) is 8.42 Å². The Morgan fingerprint density at radius 2 is 1.72 bits per heavy atom. The van der Waals surface area contributed by atoms with Crippen molar-refractivity contribution in [1.29, 1.82) is 0 Å². The number of benzene rings is 2.